The van der Waals surface area contributed by atoms with E-state index in [-0.39, 0.29) is 11.8 Å². The molecular weight excluding hydrogens is 388 g/mol. The van der Waals surface area contributed by atoms with Gasteiger partial charge in [-0.15, -0.1) is 0 Å². The maximum Gasteiger partial charge on any atom is 0.268 e. The Morgan fingerprint density at radius 2 is 1.74 bits per heavy atom. The molecule has 158 valence electrons. The summed E-state index contributed by atoms with van der Waals surface area (Å²) in [5.74, 6) is 0.336. The van der Waals surface area contributed by atoms with Crippen molar-refractivity contribution in [3.8, 4) is 5.75 Å². The first-order valence-electron chi connectivity index (χ1n) is 10.4. The van der Waals surface area contributed by atoms with E-state index in [4.69, 9.17) is 4.74 Å². The van der Waals surface area contributed by atoms with Crippen LogP contribution in [0.25, 0.3) is 0 Å². The zero-order chi connectivity index (χ0) is 22.1. The molecule has 1 atom stereocenters. The second-order valence-electron chi connectivity index (χ2n) is 8.05. The Morgan fingerprint density at radius 3 is 2.48 bits per heavy atom. The summed E-state index contributed by atoms with van der Waals surface area (Å²) in [6, 6.07) is 19.0. The van der Waals surface area contributed by atoms with E-state index in [2.05, 4.69) is 5.32 Å². The number of nitrogens with one attached hydrogen (secondary N) is 1. The fourth-order valence-corrected chi connectivity index (χ4v) is 3.69. The molecule has 1 unspecified atom stereocenters. The van der Waals surface area contributed by atoms with Crippen LogP contribution in [-0.4, -0.2) is 17.9 Å². The zero-order valence-electron chi connectivity index (χ0n) is 18.2. The molecule has 0 fully saturated rings. The summed E-state index contributed by atoms with van der Waals surface area (Å²) in [5.41, 5.74) is 6.26. The van der Waals surface area contributed by atoms with Crippen molar-refractivity contribution < 1.29 is 14.3 Å². The monoisotopic (exact) mass is 414 g/mol. The molecule has 0 aromatic heterocycles. The van der Waals surface area contributed by atoms with Crippen molar-refractivity contribution in [3.63, 3.8) is 0 Å². The van der Waals surface area contributed by atoms with Crippen molar-refractivity contribution in [3.05, 3.63) is 88.5 Å². The molecule has 31 heavy (non-hydrogen) atoms. The van der Waals surface area contributed by atoms with Gasteiger partial charge in [0, 0.05) is 11.3 Å². The van der Waals surface area contributed by atoms with Crippen LogP contribution in [0.15, 0.2) is 60.7 Å². The summed E-state index contributed by atoms with van der Waals surface area (Å²) in [6.07, 6.45) is -0.563. The van der Waals surface area contributed by atoms with E-state index in [9.17, 15) is 9.59 Å². The Labute approximate surface area is 182 Å². The average molecular weight is 415 g/mol. The van der Waals surface area contributed by atoms with E-state index in [1.807, 2.05) is 63.2 Å². The SMILES string of the molecule is Cc1ccc(C(=O)Nc2ccc3c(c2)N(Cc2ccccc2C)C(=O)C(C)O3)cc1C. The Bertz CT molecular complexity index is 1170. The first kappa shape index (κ1) is 20.7. The topological polar surface area (TPSA) is 58.6 Å². The van der Waals surface area contributed by atoms with Gasteiger partial charge < -0.3 is 15.0 Å². The maximum absolute atomic E-state index is 12.9. The number of hydrogen-bond donors (Lipinski definition) is 1. The molecule has 4 rings (SSSR count). The van der Waals surface area contributed by atoms with Crippen molar-refractivity contribution in [1.29, 1.82) is 0 Å². The van der Waals surface area contributed by atoms with Crippen LogP contribution in [0.1, 0.15) is 39.5 Å². The number of fused-ring (bicyclic) bond motifs is 1. The van der Waals surface area contributed by atoms with Crippen LogP contribution in [0.3, 0.4) is 0 Å². The Balaban J connectivity index is 1.64. The summed E-state index contributed by atoms with van der Waals surface area (Å²) < 4.78 is 5.81. The molecule has 1 N–H and O–H groups in total. The highest BCUT2D eigenvalue weighted by Gasteiger charge is 2.32. The molecule has 0 spiro atoms. The number of aryl methyl sites for hydroxylation is 3. The quantitative estimate of drug-likeness (QED) is 0.640. The molecule has 0 bridgehead atoms. The van der Waals surface area contributed by atoms with Gasteiger partial charge in [-0.3, -0.25) is 9.59 Å². The molecular formula is C26H26N2O3. The van der Waals surface area contributed by atoms with Gasteiger partial charge in [-0.2, -0.15) is 0 Å². The summed E-state index contributed by atoms with van der Waals surface area (Å²) in [4.78, 5) is 27.4. The van der Waals surface area contributed by atoms with Crippen LogP contribution in [0, 0.1) is 20.8 Å². The first-order chi connectivity index (χ1) is 14.8. The molecule has 1 aliphatic rings. The number of carbonyl (C=O) groups is 2. The standard InChI is InChI=1S/C26H26N2O3/c1-16-9-10-20(13-18(16)3)25(29)27-22-11-12-24-23(14-22)28(26(30)19(4)31-24)15-21-8-6-5-7-17(21)2/h5-14,19H,15H2,1-4H3,(H,27,29). The fourth-order valence-electron chi connectivity index (χ4n) is 3.69. The van der Waals surface area contributed by atoms with E-state index in [0.717, 1.165) is 22.3 Å². The van der Waals surface area contributed by atoms with Gasteiger partial charge in [0.15, 0.2) is 6.10 Å². The number of carbonyl (C=O) groups excluding carboxylic acids is 2. The molecule has 5 nitrogen and oxygen atoms in total. The van der Waals surface area contributed by atoms with Gasteiger partial charge in [-0.05, 0) is 80.3 Å². The van der Waals surface area contributed by atoms with E-state index in [1.165, 1.54) is 0 Å². The van der Waals surface area contributed by atoms with Crippen LogP contribution in [0.4, 0.5) is 11.4 Å². The van der Waals surface area contributed by atoms with E-state index < -0.39 is 6.10 Å². The Morgan fingerprint density at radius 1 is 0.968 bits per heavy atom. The second-order valence-corrected chi connectivity index (χ2v) is 8.05. The minimum absolute atomic E-state index is 0.103. The summed E-state index contributed by atoms with van der Waals surface area (Å²) >= 11 is 0. The maximum atomic E-state index is 12.9. The summed E-state index contributed by atoms with van der Waals surface area (Å²) in [6.45, 7) is 8.23. The lowest BCUT2D eigenvalue weighted by Crippen LogP contribution is -2.44. The number of ether oxygens (including phenoxy) is 1. The lowest BCUT2D eigenvalue weighted by atomic mass is 10.1. The van der Waals surface area contributed by atoms with Crippen LogP contribution in [0.2, 0.25) is 0 Å². The fraction of sp³-hybridized carbons (Fsp3) is 0.231. The molecule has 3 aromatic carbocycles. The second kappa shape index (κ2) is 8.26. The Hall–Kier alpha value is -3.60. The van der Waals surface area contributed by atoms with E-state index >= 15 is 0 Å². The summed E-state index contributed by atoms with van der Waals surface area (Å²) in [7, 11) is 0. The zero-order valence-corrected chi connectivity index (χ0v) is 18.2. The van der Waals surface area contributed by atoms with Crippen LogP contribution in [-0.2, 0) is 11.3 Å². The molecule has 5 heteroatoms. The number of benzene rings is 3. The van der Waals surface area contributed by atoms with Gasteiger partial charge in [-0.1, -0.05) is 30.3 Å². The smallest absolute Gasteiger partial charge is 0.268 e. The van der Waals surface area contributed by atoms with Crippen molar-refractivity contribution in [2.75, 3.05) is 10.2 Å². The first-order valence-corrected chi connectivity index (χ1v) is 10.4. The van der Waals surface area contributed by atoms with Crippen molar-refractivity contribution in [2.45, 2.75) is 40.3 Å². The summed E-state index contributed by atoms with van der Waals surface area (Å²) in [5, 5.41) is 2.94. The molecule has 0 saturated heterocycles. The van der Waals surface area contributed by atoms with Gasteiger partial charge in [0.1, 0.15) is 5.75 Å². The predicted molar refractivity (Wildman–Crippen MR) is 123 cm³/mol. The van der Waals surface area contributed by atoms with Crippen molar-refractivity contribution >= 4 is 23.2 Å². The molecule has 1 aliphatic heterocycles. The van der Waals surface area contributed by atoms with Crippen LogP contribution >= 0.6 is 0 Å². The lowest BCUT2D eigenvalue weighted by molar-refractivity contribution is -0.125. The number of hydrogen-bond acceptors (Lipinski definition) is 3. The third-order valence-electron chi connectivity index (χ3n) is 5.78. The Kier molecular flexibility index (Phi) is 5.51. The number of rotatable bonds is 4. The van der Waals surface area contributed by atoms with Crippen LogP contribution in [0.5, 0.6) is 5.75 Å². The van der Waals surface area contributed by atoms with Crippen molar-refractivity contribution in [2.24, 2.45) is 0 Å². The number of amides is 2. The normalized spacial score (nSPS) is 15.3. The van der Waals surface area contributed by atoms with Gasteiger partial charge >= 0.3 is 0 Å². The highest BCUT2D eigenvalue weighted by molar-refractivity contribution is 6.06. The third kappa shape index (κ3) is 4.17. The lowest BCUT2D eigenvalue weighted by Gasteiger charge is -2.33. The average Bonchev–Trinajstić information content (AvgIpc) is 2.75. The third-order valence-corrected chi connectivity index (χ3v) is 5.78. The molecule has 3 aromatic rings. The predicted octanol–water partition coefficient (Wildman–Crippen LogP) is 5.18. The highest BCUT2D eigenvalue weighted by Crippen LogP contribution is 2.37. The largest absolute Gasteiger partial charge is 0.479 e. The minimum Gasteiger partial charge on any atom is -0.479 e. The number of nitrogens with zero attached hydrogens (tertiary/aromatic N) is 1. The van der Waals surface area contributed by atoms with E-state index in [1.54, 1.807) is 30.0 Å². The van der Waals surface area contributed by atoms with Gasteiger partial charge in [0.25, 0.3) is 11.8 Å². The molecule has 0 saturated carbocycles. The van der Waals surface area contributed by atoms with Crippen molar-refractivity contribution in [1.82, 2.24) is 0 Å². The van der Waals surface area contributed by atoms with Crippen LogP contribution < -0.4 is 15.0 Å². The van der Waals surface area contributed by atoms with Gasteiger partial charge in [-0.25, -0.2) is 0 Å². The molecule has 0 radical (unpaired) electrons. The molecule has 2 amide bonds. The number of anilines is 2. The minimum atomic E-state index is -0.563. The highest BCUT2D eigenvalue weighted by atomic mass is 16.5. The molecule has 0 aliphatic carbocycles. The van der Waals surface area contributed by atoms with Gasteiger partial charge in [0.05, 0.1) is 12.2 Å². The molecule has 1 heterocycles. The van der Waals surface area contributed by atoms with E-state index in [0.29, 0.717) is 29.2 Å². The van der Waals surface area contributed by atoms with Gasteiger partial charge in [0.2, 0.25) is 0 Å².